The Morgan fingerprint density at radius 2 is 1.73 bits per heavy atom. The van der Waals surface area contributed by atoms with Crippen LogP contribution in [0.5, 0.6) is 0 Å². The van der Waals surface area contributed by atoms with E-state index in [0.717, 1.165) is 38.5 Å². The largest absolute Gasteiger partial charge is 0.454 e. The molecule has 2 heteroatoms. The van der Waals surface area contributed by atoms with E-state index in [4.69, 9.17) is 4.74 Å². The average molecular weight is 348 g/mol. The minimum Gasteiger partial charge on any atom is -0.454 e. The molecule has 2 aromatic rings. The summed E-state index contributed by atoms with van der Waals surface area (Å²) in [6, 6.07) is 15.4. The maximum atomic E-state index is 12.8. The Labute approximate surface area is 156 Å². The molecule has 0 saturated heterocycles. The number of hydrogen-bond acceptors (Lipinski definition) is 2. The first-order valence-electron chi connectivity index (χ1n) is 9.90. The van der Waals surface area contributed by atoms with Crippen LogP contribution in [0.15, 0.2) is 42.5 Å². The van der Waals surface area contributed by atoms with Crippen molar-refractivity contribution in [3.63, 3.8) is 0 Å². The third-order valence-electron chi connectivity index (χ3n) is 6.46. The van der Waals surface area contributed by atoms with Crippen LogP contribution in [0.4, 0.5) is 0 Å². The van der Waals surface area contributed by atoms with Crippen molar-refractivity contribution in [1.82, 2.24) is 0 Å². The molecule has 2 aliphatic rings. The highest BCUT2D eigenvalue weighted by Crippen LogP contribution is 2.46. The molecule has 1 saturated carbocycles. The van der Waals surface area contributed by atoms with Crippen molar-refractivity contribution in [2.75, 3.05) is 0 Å². The minimum atomic E-state index is -0.448. The molecule has 0 unspecified atom stereocenters. The average Bonchev–Trinajstić information content (AvgIpc) is 3.26. The van der Waals surface area contributed by atoms with Crippen LogP contribution in [0.3, 0.4) is 0 Å². The summed E-state index contributed by atoms with van der Waals surface area (Å²) in [6.07, 6.45) is 5.89. The minimum absolute atomic E-state index is 0.0669. The lowest BCUT2D eigenvalue weighted by atomic mass is 9.87. The van der Waals surface area contributed by atoms with Crippen molar-refractivity contribution in [3.05, 3.63) is 59.2 Å². The van der Waals surface area contributed by atoms with Gasteiger partial charge in [0.2, 0.25) is 0 Å². The van der Waals surface area contributed by atoms with Crippen LogP contribution in [0.2, 0.25) is 0 Å². The monoisotopic (exact) mass is 348 g/mol. The van der Waals surface area contributed by atoms with Crippen molar-refractivity contribution in [3.8, 4) is 11.1 Å². The highest BCUT2D eigenvalue weighted by molar-refractivity contribution is 5.78. The number of carbonyl (C=O) groups excluding carboxylic acids is 1. The SMILES string of the molecule is CCC(C)(C)C(=O)OC1(c2ccc3c(c2)-c2ccccc2C3)CCCC1. The van der Waals surface area contributed by atoms with Crippen molar-refractivity contribution in [1.29, 1.82) is 0 Å². The molecule has 0 bridgehead atoms. The Morgan fingerprint density at radius 3 is 2.46 bits per heavy atom. The van der Waals surface area contributed by atoms with Gasteiger partial charge in [-0.25, -0.2) is 0 Å². The van der Waals surface area contributed by atoms with E-state index >= 15 is 0 Å². The number of benzene rings is 2. The molecule has 0 radical (unpaired) electrons. The van der Waals surface area contributed by atoms with Gasteiger partial charge in [-0.1, -0.05) is 43.3 Å². The van der Waals surface area contributed by atoms with E-state index in [-0.39, 0.29) is 5.97 Å². The van der Waals surface area contributed by atoms with E-state index in [0.29, 0.717) is 0 Å². The molecule has 0 heterocycles. The van der Waals surface area contributed by atoms with Gasteiger partial charge in [0, 0.05) is 0 Å². The topological polar surface area (TPSA) is 26.3 Å². The molecule has 0 atom stereocenters. The third kappa shape index (κ3) is 2.76. The van der Waals surface area contributed by atoms with Gasteiger partial charge in [0.15, 0.2) is 0 Å². The van der Waals surface area contributed by atoms with Gasteiger partial charge in [0.25, 0.3) is 0 Å². The van der Waals surface area contributed by atoms with Crippen LogP contribution in [0.25, 0.3) is 11.1 Å². The van der Waals surface area contributed by atoms with E-state index in [1.54, 1.807) is 0 Å². The van der Waals surface area contributed by atoms with Crippen LogP contribution in [0, 0.1) is 5.41 Å². The fourth-order valence-electron chi connectivity index (χ4n) is 4.26. The van der Waals surface area contributed by atoms with Gasteiger partial charge < -0.3 is 4.74 Å². The van der Waals surface area contributed by atoms with E-state index < -0.39 is 11.0 Å². The second-order valence-corrected chi connectivity index (χ2v) is 8.53. The Balaban J connectivity index is 1.72. The summed E-state index contributed by atoms with van der Waals surface area (Å²) in [5.74, 6) is -0.0669. The molecule has 4 rings (SSSR count). The maximum Gasteiger partial charge on any atom is 0.312 e. The van der Waals surface area contributed by atoms with Gasteiger partial charge in [-0.3, -0.25) is 4.79 Å². The number of fused-ring (bicyclic) bond motifs is 3. The summed E-state index contributed by atoms with van der Waals surface area (Å²) in [5, 5.41) is 0. The van der Waals surface area contributed by atoms with Gasteiger partial charge in [0.05, 0.1) is 5.41 Å². The Bertz CT molecular complexity index is 841. The molecule has 0 aliphatic heterocycles. The van der Waals surface area contributed by atoms with Crippen molar-refractivity contribution in [2.24, 2.45) is 5.41 Å². The lowest BCUT2D eigenvalue weighted by molar-refractivity contribution is -0.171. The maximum absolute atomic E-state index is 12.8. The molecule has 0 amide bonds. The lowest BCUT2D eigenvalue weighted by Crippen LogP contribution is -2.36. The third-order valence-corrected chi connectivity index (χ3v) is 6.46. The number of esters is 1. The number of rotatable bonds is 4. The summed E-state index contributed by atoms with van der Waals surface area (Å²) in [4.78, 5) is 12.8. The zero-order valence-electron chi connectivity index (χ0n) is 16.1. The number of carbonyl (C=O) groups is 1. The van der Waals surface area contributed by atoms with Crippen LogP contribution in [-0.4, -0.2) is 5.97 Å². The zero-order chi connectivity index (χ0) is 18.4. The lowest BCUT2D eigenvalue weighted by Gasteiger charge is -2.34. The van der Waals surface area contributed by atoms with E-state index in [1.807, 2.05) is 13.8 Å². The van der Waals surface area contributed by atoms with Crippen molar-refractivity contribution in [2.45, 2.75) is 64.9 Å². The van der Waals surface area contributed by atoms with Crippen molar-refractivity contribution >= 4 is 5.97 Å². The molecular weight excluding hydrogens is 320 g/mol. The Kier molecular flexibility index (Phi) is 4.17. The normalized spacial score (nSPS) is 17.7. The van der Waals surface area contributed by atoms with Gasteiger partial charge in [-0.05, 0) is 86.3 Å². The van der Waals surface area contributed by atoms with Gasteiger partial charge >= 0.3 is 5.97 Å². The summed E-state index contributed by atoms with van der Waals surface area (Å²) in [5.41, 5.74) is 5.71. The molecule has 0 aromatic heterocycles. The predicted octanol–water partition coefficient (Wildman–Crippen LogP) is 6.01. The fraction of sp³-hybridized carbons (Fsp3) is 0.458. The summed E-state index contributed by atoms with van der Waals surface area (Å²) in [6.45, 7) is 6.02. The smallest absolute Gasteiger partial charge is 0.312 e. The van der Waals surface area contributed by atoms with Crippen LogP contribution >= 0.6 is 0 Å². The second kappa shape index (κ2) is 6.26. The highest BCUT2D eigenvalue weighted by atomic mass is 16.6. The molecule has 1 fully saturated rings. The van der Waals surface area contributed by atoms with Crippen LogP contribution in [-0.2, 0) is 21.6 Å². The molecule has 2 aliphatic carbocycles. The molecule has 2 nitrogen and oxygen atoms in total. The van der Waals surface area contributed by atoms with Gasteiger partial charge in [-0.2, -0.15) is 0 Å². The van der Waals surface area contributed by atoms with E-state index in [1.165, 1.54) is 27.8 Å². The van der Waals surface area contributed by atoms with Crippen LogP contribution < -0.4 is 0 Å². The van der Waals surface area contributed by atoms with Crippen molar-refractivity contribution < 1.29 is 9.53 Å². The Morgan fingerprint density at radius 1 is 1.04 bits per heavy atom. The number of ether oxygens (including phenoxy) is 1. The van der Waals surface area contributed by atoms with Crippen LogP contribution in [0.1, 0.15) is 69.6 Å². The molecule has 26 heavy (non-hydrogen) atoms. The summed E-state index contributed by atoms with van der Waals surface area (Å²) < 4.78 is 6.25. The van der Waals surface area contributed by atoms with Gasteiger partial charge in [0.1, 0.15) is 5.60 Å². The highest BCUT2D eigenvalue weighted by Gasteiger charge is 2.43. The van der Waals surface area contributed by atoms with Gasteiger partial charge in [-0.15, -0.1) is 0 Å². The first-order chi connectivity index (χ1) is 12.5. The Hall–Kier alpha value is -2.09. The molecule has 0 spiro atoms. The van der Waals surface area contributed by atoms with E-state index in [9.17, 15) is 4.79 Å². The standard InChI is InChI=1S/C24H28O2/c1-4-23(2,3)22(25)26-24(13-7-8-14-24)19-12-11-18-15-17-9-5-6-10-20(17)21(18)16-19/h5-6,9-12,16H,4,7-8,13-15H2,1-3H3. The summed E-state index contributed by atoms with van der Waals surface area (Å²) >= 11 is 0. The quantitative estimate of drug-likeness (QED) is 0.540. The molecule has 136 valence electrons. The molecule has 2 aromatic carbocycles. The number of hydrogen-bond donors (Lipinski definition) is 0. The van der Waals surface area contributed by atoms with E-state index in [2.05, 4.69) is 49.4 Å². The molecular formula is C24H28O2. The first-order valence-corrected chi connectivity index (χ1v) is 9.90. The first kappa shape index (κ1) is 17.3. The molecule has 0 N–H and O–H groups in total. The summed E-state index contributed by atoms with van der Waals surface area (Å²) in [7, 11) is 0. The second-order valence-electron chi connectivity index (χ2n) is 8.53. The predicted molar refractivity (Wildman–Crippen MR) is 105 cm³/mol. The zero-order valence-corrected chi connectivity index (χ0v) is 16.1. The fourth-order valence-corrected chi connectivity index (χ4v) is 4.26.